The molecule has 0 N–H and O–H groups in total. The Kier molecular flexibility index (Phi) is 2.07. The lowest BCUT2D eigenvalue weighted by molar-refractivity contribution is 0.564. The molecule has 1 nitrogen and oxygen atoms in total. The summed E-state index contributed by atoms with van der Waals surface area (Å²) in [5.74, 6) is 1.02. The van der Waals surface area contributed by atoms with Crippen molar-refractivity contribution in [3.63, 3.8) is 0 Å². The lowest BCUT2D eigenvalue weighted by atomic mass is 10.2. The first kappa shape index (κ1) is 8.74. The number of para-hydroxylation sites is 1. The molecule has 1 aromatic carbocycles. The Morgan fingerprint density at radius 3 is 2.93 bits per heavy atom. The highest BCUT2D eigenvalue weighted by atomic mass is 32.1. The van der Waals surface area contributed by atoms with E-state index in [4.69, 9.17) is 4.42 Å². The third-order valence-electron chi connectivity index (χ3n) is 2.35. The van der Waals surface area contributed by atoms with Gasteiger partial charge >= 0.3 is 0 Å². The first-order valence-electron chi connectivity index (χ1n) is 4.84. The Labute approximate surface area is 92.0 Å². The van der Waals surface area contributed by atoms with Crippen LogP contribution in [0.5, 0.6) is 0 Å². The van der Waals surface area contributed by atoms with Crippen molar-refractivity contribution in [1.29, 1.82) is 0 Å². The van der Waals surface area contributed by atoms with Crippen LogP contribution in [0.3, 0.4) is 0 Å². The van der Waals surface area contributed by atoms with Crippen molar-refractivity contribution in [3.8, 4) is 0 Å². The van der Waals surface area contributed by atoms with Crippen LogP contribution in [-0.2, 0) is 6.42 Å². The fraction of sp³-hybridized carbons (Fsp3) is 0.0769. The van der Waals surface area contributed by atoms with Crippen LogP contribution in [0.2, 0.25) is 0 Å². The SMILES string of the molecule is [c]1ccc(Cc2cc3ccccc3o2)s1. The zero-order valence-electron chi connectivity index (χ0n) is 8.07. The molecule has 0 saturated carbocycles. The van der Waals surface area contributed by atoms with E-state index in [-0.39, 0.29) is 0 Å². The van der Waals surface area contributed by atoms with Gasteiger partial charge in [0, 0.05) is 22.1 Å². The maximum Gasteiger partial charge on any atom is 0.134 e. The van der Waals surface area contributed by atoms with Gasteiger partial charge in [0.25, 0.3) is 0 Å². The third-order valence-corrected chi connectivity index (χ3v) is 3.15. The fourth-order valence-corrected chi connectivity index (χ4v) is 2.30. The van der Waals surface area contributed by atoms with E-state index in [1.54, 1.807) is 11.3 Å². The minimum Gasteiger partial charge on any atom is -0.461 e. The standard InChI is InChI=1S/C13H9OS/c1-2-6-13-10(4-1)8-11(14-13)9-12-5-3-7-15-12/h1-6,8H,9H2. The van der Waals surface area contributed by atoms with E-state index in [9.17, 15) is 0 Å². The van der Waals surface area contributed by atoms with Gasteiger partial charge in [-0.3, -0.25) is 0 Å². The van der Waals surface area contributed by atoms with E-state index < -0.39 is 0 Å². The van der Waals surface area contributed by atoms with Gasteiger partial charge in [-0.05, 0) is 24.3 Å². The summed E-state index contributed by atoms with van der Waals surface area (Å²) in [4.78, 5) is 1.29. The molecule has 2 heteroatoms. The van der Waals surface area contributed by atoms with Crippen molar-refractivity contribution in [3.05, 3.63) is 58.5 Å². The smallest absolute Gasteiger partial charge is 0.134 e. The first-order chi connectivity index (χ1) is 7.42. The normalized spacial score (nSPS) is 10.9. The summed E-state index contributed by atoms with van der Waals surface area (Å²) in [5.41, 5.74) is 0.966. The monoisotopic (exact) mass is 213 g/mol. The maximum atomic E-state index is 5.73. The van der Waals surface area contributed by atoms with Crippen molar-refractivity contribution >= 4 is 22.3 Å². The van der Waals surface area contributed by atoms with E-state index >= 15 is 0 Å². The van der Waals surface area contributed by atoms with Crippen LogP contribution in [0.25, 0.3) is 11.0 Å². The highest BCUT2D eigenvalue weighted by molar-refractivity contribution is 7.09. The summed E-state index contributed by atoms with van der Waals surface area (Å²) in [7, 11) is 0. The van der Waals surface area contributed by atoms with Gasteiger partial charge in [0.05, 0.1) is 0 Å². The van der Waals surface area contributed by atoms with E-state index in [0.29, 0.717) is 0 Å². The number of benzene rings is 1. The van der Waals surface area contributed by atoms with E-state index in [1.807, 2.05) is 24.3 Å². The number of furan rings is 1. The lowest BCUT2D eigenvalue weighted by Crippen LogP contribution is -1.78. The van der Waals surface area contributed by atoms with Gasteiger partial charge in [-0.1, -0.05) is 18.2 Å². The van der Waals surface area contributed by atoms with Gasteiger partial charge in [0.2, 0.25) is 0 Å². The van der Waals surface area contributed by atoms with Gasteiger partial charge in [0.15, 0.2) is 0 Å². The van der Waals surface area contributed by atoms with Crippen molar-refractivity contribution in [1.82, 2.24) is 0 Å². The highest BCUT2D eigenvalue weighted by Crippen LogP contribution is 2.22. The second-order valence-corrected chi connectivity index (χ2v) is 4.41. The van der Waals surface area contributed by atoms with Crippen LogP contribution in [0.15, 0.2) is 46.9 Å². The molecule has 0 fully saturated rings. The Hall–Kier alpha value is -1.54. The molecule has 0 aliphatic rings. The van der Waals surface area contributed by atoms with Crippen LogP contribution in [0.4, 0.5) is 0 Å². The molecule has 0 aliphatic carbocycles. The summed E-state index contributed by atoms with van der Waals surface area (Å²) in [5, 5.41) is 4.26. The number of hydrogen-bond acceptors (Lipinski definition) is 2. The summed E-state index contributed by atoms with van der Waals surface area (Å²) in [6, 6.07) is 14.2. The molecule has 3 aromatic rings. The number of thiophene rings is 1. The first-order valence-corrected chi connectivity index (χ1v) is 5.66. The molecule has 0 saturated heterocycles. The molecule has 2 aromatic heterocycles. The van der Waals surface area contributed by atoms with Crippen LogP contribution >= 0.6 is 11.3 Å². The predicted molar refractivity (Wildman–Crippen MR) is 62.2 cm³/mol. The second-order valence-electron chi connectivity index (χ2n) is 3.45. The summed E-state index contributed by atoms with van der Waals surface area (Å²) in [6.07, 6.45) is 0.864. The number of hydrogen-bond donors (Lipinski definition) is 0. The zero-order chi connectivity index (χ0) is 10.1. The van der Waals surface area contributed by atoms with Crippen molar-refractivity contribution < 1.29 is 4.42 Å². The zero-order valence-corrected chi connectivity index (χ0v) is 8.88. The minimum atomic E-state index is 0.864. The third kappa shape index (κ3) is 1.68. The fourth-order valence-electron chi connectivity index (χ4n) is 1.66. The molecule has 1 radical (unpaired) electrons. The highest BCUT2D eigenvalue weighted by Gasteiger charge is 2.04. The molecule has 73 valence electrons. The lowest BCUT2D eigenvalue weighted by Gasteiger charge is -1.90. The van der Waals surface area contributed by atoms with Crippen LogP contribution < -0.4 is 0 Å². The molecule has 0 spiro atoms. The van der Waals surface area contributed by atoms with E-state index in [0.717, 1.165) is 17.8 Å². The van der Waals surface area contributed by atoms with Crippen LogP contribution in [0.1, 0.15) is 10.6 Å². The number of rotatable bonds is 2. The summed E-state index contributed by atoms with van der Waals surface area (Å²) < 4.78 is 5.73. The molecule has 2 heterocycles. The Balaban J connectivity index is 1.98. The summed E-state index contributed by atoms with van der Waals surface area (Å²) >= 11 is 1.64. The Bertz CT molecular complexity index is 530. The van der Waals surface area contributed by atoms with Crippen LogP contribution in [-0.4, -0.2) is 0 Å². The van der Waals surface area contributed by atoms with Gasteiger partial charge < -0.3 is 4.42 Å². The quantitative estimate of drug-likeness (QED) is 0.629. The van der Waals surface area contributed by atoms with Gasteiger partial charge in [0.1, 0.15) is 11.3 Å². The predicted octanol–water partition coefficient (Wildman–Crippen LogP) is 3.89. The molecule has 0 amide bonds. The van der Waals surface area contributed by atoms with Crippen LogP contribution in [0, 0.1) is 5.38 Å². The van der Waals surface area contributed by atoms with E-state index in [2.05, 4.69) is 23.6 Å². The van der Waals surface area contributed by atoms with E-state index in [1.165, 1.54) is 10.3 Å². The Morgan fingerprint density at radius 1 is 1.20 bits per heavy atom. The topological polar surface area (TPSA) is 13.1 Å². The van der Waals surface area contributed by atoms with Gasteiger partial charge in [-0.2, -0.15) is 0 Å². The maximum absolute atomic E-state index is 5.73. The number of fused-ring (bicyclic) bond motifs is 1. The van der Waals surface area contributed by atoms with Crippen molar-refractivity contribution in [2.24, 2.45) is 0 Å². The largest absolute Gasteiger partial charge is 0.461 e. The van der Waals surface area contributed by atoms with Crippen molar-refractivity contribution in [2.75, 3.05) is 0 Å². The molecule has 0 atom stereocenters. The molecule has 0 bridgehead atoms. The second kappa shape index (κ2) is 3.55. The molecule has 0 unspecified atom stereocenters. The van der Waals surface area contributed by atoms with Gasteiger partial charge in [-0.15, -0.1) is 11.3 Å². The average molecular weight is 213 g/mol. The molecular formula is C13H9OS. The Morgan fingerprint density at radius 2 is 2.13 bits per heavy atom. The molecule has 15 heavy (non-hydrogen) atoms. The van der Waals surface area contributed by atoms with Gasteiger partial charge in [-0.25, -0.2) is 0 Å². The summed E-state index contributed by atoms with van der Waals surface area (Å²) in [6.45, 7) is 0. The molecular weight excluding hydrogens is 204 g/mol. The molecule has 0 aliphatic heterocycles. The molecule has 3 rings (SSSR count). The average Bonchev–Trinajstić information content (AvgIpc) is 2.86. The van der Waals surface area contributed by atoms with Crippen molar-refractivity contribution in [2.45, 2.75) is 6.42 Å². The minimum absolute atomic E-state index is 0.864.